The third-order valence-corrected chi connectivity index (χ3v) is 9.09. The zero-order chi connectivity index (χ0) is 22.4. The SMILES string of the molecule is Cc1nc2ccc(CCc3nc4cc(CCc5nc6c(C)cccc6s5)ccc4s3)cc2s1. The number of hydrogen-bond acceptors (Lipinski definition) is 6. The number of aromatic nitrogens is 3. The first-order valence-corrected chi connectivity index (χ1v) is 13.7. The van der Waals surface area contributed by atoms with Gasteiger partial charge in [-0.2, -0.15) is 0 Å². The van der Waals surface area contributed by atoms with E-state index >= 15 is 0 Å². The number of hydrogen-bond donors (Lipinski definition) is 0. The summed E-state index contributed by atoms with van der Waals surface area (Å²) in [6.07, 6.45) is 3.95. The van der Waals surface area contributed by atoms with Gasteiger partial charge in [-0.25, -0.2) is 15.0 Å². The third-order valence-electron chi connectivity index (χ3n) is 5.98. The van der Waals surface area contributed by atoms with Gasteiger partial charge in [-0.1, -0.05) is 24.3 Å². The summed E-state index contributed by atoms with van der Waals surface area (Å²) in [4.78, 5) is 14.4. The molecule has 3 heterocycles. The molecule has 0 aliphatic rings. The van der Waals surface area contributed by atoms with E-state index in [0.717, 1.165) is 47.2 Å². The fourth-order valence-electron chi connectivity index (χ4n) is 4.26. The minimum absolute atomic E-state index is 0.973. The van der Waals surface area contributed by atoms with Crippen molar-refractivity contribution in [3.63, 3.8) is 0 Å². The smallest absolute Gasteiger partial charge is 0.0942 e. The van der Waals surface area contributed by atoms with Crippen LogP contribution >= 0.6 is 34.0 Å². The van der Waals surface area contributed by atoms with E-state index in [9.17, 15) is 0 Å². The largest absolute Gasteiger partial charge is 0.242 e. The van der Waals surface area contributed by atoms with Crippen molar-refractivity contribution in [1.82, 2.24) is 15.0 Å². The summed E-state index contributed by atoms with van der Waals surface area (Å²) in [6.45, 7) is 4.21. The second-order valence-corrected chi connectivity index (χ2v) is 11.9. The molecule has 0 bridgehead atoms. The van der Waals surface area contributed by atoms with Crippen LogP contribution in [0.15, 0.2) is 54.6 Å². The summed E-state index contributed by atoms with van der Waals surface area (Å²) in [5.41, 5.74) is 7.34. The molecule has 33 heavy (non-hydrogen) atoms. The highest BCUT2D eigenvalue weighted by atomic mass is 32.1. The van der Waals surface area contributed by atoms with Gasteiger partial charge < -0.3 is 0 Å². The number of nitrogens with zero attached hydrogens (tertiary/aromatic N) is 3. The fourth-order valence-corrected chi connectivity index (χ4v) is 7.15. The highest BCUT2D eigenvalue weighted by molar-refractivity contribution is 7.19. The zero-order valence-electron chi connectivity index (χ0n) is 18.6. The third kappa shape index (κ3) is 4.31. The molecule has 6 heteroatoms. The Balaban J connectivity index is 1.14. The fraction of sp³-hybridized carbons (Fsp3) is 0.222. The predicted molar refractivity (Wildman–Crippen MR) is 143 cm³/mol. The molecule has 164 valence electrons. The Bertz CT molecular complexity index is 1610. The molecule has 0 aliphatic carbocycles. The molecule has 0 atom stereocenters. The molecule has 0 N–H and O–H groups in total. The Labute approximate surface area is 204 Å². The van der Waals surface area contributed by atoms with Crippen LogP contribution in [0.25, 0.3) is 30.6 Å². The molecule has 6 aromatic rings. The van der Waals surface area contributed by atoms with Crippen LogP contribution in [0.5, 0.6) is 0 Å². The normalized spacial score (nSPS) is 11.8. The predicted octanol–water partition coefficient (Wildman–Crippen LogP) is 7.70. The van der Waals surface area contributed by atoms with Gasteiger partial charge in [0.1, 0.15) is 0 Å². The van der Waals surface area contributed by atoms with E-state index in [0.29, 0.717) is 0 Å². The lowest BCUT2D eigenvalue weighted by Gasteiger charge is -1.99. The van der Waals surface area contributed by atoms with Crippen molar-refractivity contribution in [2.75, 3.05) is 0 Å². The Kier molecular flexibility index (Phi) is 5.45. The summed E-state index contributed by atoms with van der Waals surface area (Å²) < 4.78 is 3.84. The molecular formula is C27H23N3S3. The van der Waals surface area contributed by atoms with Gasteiger partial charge in [0.05, 0.1) is 45.7 Å². The monoisotopic (exact) mass is 485 g/mol. The van der Waals surface area contributed by atoms with Crippen LogP contribution in [0.1, 0.15) is 31.7 Å². The van der Waals surface area contributed by atoms with Crippen molar-refractivity contribution in [1.29, 1.82) is 0 Å². The minimum Gasteiger partial charge on any atom is -0.242 e. The molecular weight excluding hydrogens is 463 g/mol. The Morgan fingerprint density at radius 3 is 2.21 bits per heavy atom. The lowest BCUT2D eigenvalue weighted by Crippen LogP contribution is -1.91. The van der Waals surface area contributed by atoms with E-state index in [1.165, 1.54) is 40.8 Å². The van der Waals surface area contributed by atoms with Gasteiger partial charge in [0.2, 0.25) is 0 Å². The average Bonchev–Trinajstić information content (AvgIpc) is 3.51. The van der Waals surface area contributed by atoms with Crippen LogP contribution in [-0.4, -0.2) is 15.0 Å². The van der Waals surface area contributed by atoms with E-state index in [2.05, 4.69) is 73.4 Å². The first kappa shape index (κ1) is 20.9. The second-order valence-electron chi connectivity index (χ2n) is 8.47. The van der Waals surface area contributed by atoms with E-state index in [1.807, 2.05) is 22.7 Å². The zero-order valence-corrected chi connectivity index (χ0v) is 21.0. The number of thiazole rings is 3. The number of para-hydroxylation sites is 1. The summed E-state index contributed by atoms with van der Waals surface area (Å²) in [6, 6.07) is 19.8. The summed E-state index contributed by atoms with van der Waals surface area (Å²) >= 11 is 5.41. The van der Waals surface area contributed by atoms with Gasteiger partial charge in [0.15, 0.2) is 0 Å². The average molecular weight is 486 g/mol. The maximum atomic E-state index is 4.95. The molecule has 0 aliphatic heterocycles. The maximum Gasteiger partial charge on any atom is 0.0942 e. The minimum atomic E-state index is 0.973. The molecule has 6 rings (SSSR count). The first-order chi connectivity index (χ1) is 16.1. The lowest BCUT2D eigenvalue weighted by atomic mass is 10.1. The molecule has 0 fully saturated rings. The maximum absolute atomic E-state index is 4.95. The molecule has 0 saturated heterocycles. The molecule has 3 aromatic carbocycles. The van der Waals surface area contributed by atoms with Gasteiger partial charge in [-0.3, -0.25) is 0 Å². The number of benzene rings is 3. The second kappa shape index (κ2) is 8.60. The summed E-state index contributed by atoms with van der Waals surface area (Å²) in [7, 11) is 0. The van der Waals surface area contributed by atoms with E-state index in [-0.39, 0.29) is 0 Å². The highest BCUT2D eigenvalue weighted by Crippen LogP contribution is 2.28. The molecule has 0 radical (unpaired) electrons. The van der Waals surface area contributed by atoms with Crippen LogP contribution in [-0.2, 0) is 25.7 Å². The van der Waals surface area contributed by atoms with Crippen molar-refractivity contribution in [2.45, 2.75) is 39.5 Å². The number of rotatable bonds is 6. The van der Waals surface area contributed by atoms with E-state index in [4.69, 9.17) is 9.97 Å². The van der Waals surface area contributed by atoms with Crippen molar-refractivity contribution in [2.24, 2.45) is 0 Å². The number of aryl methyl sites for hydroxylation is 6. The standard InChI is InChI=1S/C27H23N3S3/c1-16-4-3-5-23-27(16)30-26(33-23)13-8-18-7-11-22-21(14-18)29-25(32-22)12-9-19-6-10-20-24(15-19)31-17(2)28-20/h3-7,10-11,14-15H,8-9,12-13H2,1-2H3. The summed E-state index contributed by atoms with van der Waals surface area (Å²) in [5, 5.41) is 3.55. The van der Waals surface area contributed by atoms with Crippen LogP contribution in [0, 0.1) is 13.8 Å². The van der Waals surface area contributed by atoms with Crippen LogP contribution in [0.3, 0.4) is 0 Å². The van der Waals surface area contributed by atoms with Crippen molar-refractivity contribution in [3.05, 3.63) is 86.3 Å². The molecule has 3 aromatic heterocycles. The van der Waals surface area contributed by atoms with Gasteiger partial charge >= 0.3 is 0 Å². The van der Waals surface area contributed by atoms with E-state index < -0.39 is 0 Å². The number of fused-ring (bicyclic) bond motifs is 3. The van der Waals surface area contributed by atoms with Crippen LogP contribution in [0.2, 0.25) is 0 Å². The Hall–Kier alpha value is -2.67. The molecule has 0 amide bonds. The first-order valence-electron chi connectivity index (χ1n) is 11.2. The van der Waals surface area contributed by atoms with E-state index in [1.54, 1.807) is 11.3 Å². The van der Waals surface area contributed by atoms with Gasteiger partial charge in [0.25, 0.3) is 0 Å². The molecule has 0 spiro atoms. The highest BCUT2D eigenvalue weighted by Gasteiger charge is 2.09. The topological polar surface area (TPSA) is 38.7 Å². The van der Waals surface area contributed by atoms with Gasteiger partial charge in [0, 0.05) is 12.8 Å². The Morgan fingerprint density at radius 1 is 0.606 bits per heavy atom. The molecule has 0 unspecified atom stereocenters. The van der Waals surface area contributed by atoms with Gasteiger partial charge in [-0.15, -0.1) is 34.0 Å². The van der Waals surface area contributed by atoms with Crippen LogP contribution < -0.4 is 0 Å². The lowest BCUT2D eigenvalue weighted by molar-refractivity contribution is 0.944. The molecule has 3 nitrogen and oxygen atoms in total. The summed E-state index contributed by atoms with van der Waals surface area (Å²) in [5.74, 6) is 0. The van der Waals surface area contributed by atoms with Crippen LogP contribution in [0.4, 0.5) is 0 Å². The van der Waals surface area contributed by atoms with Gasteiger partial charge in [-0.05, 0) is 73.7 Å². The molecule has 0 saturated carbocycles. The van der Waals surface area contributed by atoms with Crippen molar-refractivity contribution >= 4 is 64.7 Å². The Morgan fingerprint density at radius 2 is 1.36 bits per heavy atom. The quantitative estimate of drug-likeness (QED) is 0.243. The van der Waals surface area contributed by atoms with Crippen molar-refractivity contribution < 1.29 is 0 Å². The van der Waals surface area contributed by atoms with Crippen molar-refractivity contribution in [3.8, 4) is 0 Å².